The third-order valence-corrected chi connectivity index (χ3v) is 4.89. The average molecular weight is 413 g/mol. The van der Waals surface area contributed by atoms with Gasteiger partial charge in [-0.1, -0.05) is 36.4 Å². The van der Waals surface area contributed by atoms with Gasteiger partial charge in [0.1, 0.15) is 12.4 Å². The summed E-state index contributed by atoms with van der Waals surface area (Å²) in [4.78, 5) is 12.7. The van der Waals surface area contributed by atoms with E-state index in [1.807, 2.05) is 65.5 Å². The summed E-state index contributed by atoms with van der Waals surface area (Å²) >= 11 is 0. The molecule has 0 radical (unpaired) electrons. The van der Waals surface area contributed by atoms with Crippen molar-refractivity contribution in [1.29, 1.82) is 0 Å². The van der Waals surface area contributed by atoms with Crippen LogP contribution >= 0.6 is 12.4 Å². The van der Waals surface area contributed by atoms with Crippen LogP contribution in [0.5, 0.6) is 5.75 Å². The van der Waals surface area contributed by atoms with Crippen molar-refractivity contribution in [2.24, 2.45) is 0 Å². The summed E-state index contributed by atoms with van der Waals surface area (Å²) in [5, 5.41) is 10.8. The average Bonchev–Trinajstić information content (AvgIpc) is 3.25. The molecule has 152 valence electrons. The van der Waals surface area contributed by atoms with E-state index in [0.717, 1.165) is 42.9 Å². The van der Waals surface area contributed by atoms with Crippen LogP contribution in [0.1, 0.15) is 34.9 Å². The van der Waals surface area contributed by atoms with Gasteiger partial charge in [0.15, 0.2) is 5.69 Å². The third kappa shape index (κ3) is 5.37. The van der Waals surface area contributed by atoms with Gasteiger partial charge >= 0.3 is 0 Å². The highest BCUT2D eigenvalue weighted by Crippen LogP contribution is 2.20. The van der Waals surface area contributed by atoms with E-state index in [1.54, 1.807) is 6.07 Å². The van der Waals surface area contributed by atoms with E-state index in [-0.39, 0.29) is 18.3 Å². The Morgan fingerprint density at radius 3 is 2.72 bits per heavy atom. The van der Waals surface area contributed by atoms with Crippen molar-refractivity contribution in [3.63, 3.8) is 0 Å². The Bertz CT molecular complexity index is 923. The van der Waals surface area contributed by atoms with Gasteiger partial charge in [0.2, 0.25) is 0 Å². The Kier molecular flexibility index (Phi) is 7.27. The van der Waals surface area contributed by atoms with Crippen LogP contribution in [-0.4, -0.2) is 28.8 Å². The number of nitrogens with one attached hydrogen (secondary N) is 2. The van der Waals surface area contributed by atoms with E-state index in [0.29, 0.717) is 18.3 Å². The van der Waals surface area contributed by atoms with Crippen molar-refractivity contribution in [3.05, 3.63) is 78.1 Å². The Labute approximate surface area is 176 Å². The highest BCUT2D eigenvalue weighted by molar-refractivity contribution is 6.03. The molecule has 6 nitrogen and oxygen atoms in total. The first-order chi connectivity index (χ1) is 13.8. The number of amides is 1. The van der Waals surface area contributed by atoms with Crippen molar-refractivity contribution < 1.29 is 9.53 Å². The summed E-state index contributed by atoms with van der Waals surface area (Å²) in [6.45, 7) is 2.32. The number of nitrogens with zero attached hydrogens (tertiary/aromatic N) is 2. The van der Waals surface area contributed by atoms with Gasteiger partial charge in [-0.2, -0.15) is 5.10 Å². The van der Waals surface area contributed by atoms with Crippen molar-refractivity contribution >= 4 is 24.0 Å². The molecule has 1 saturated heterocycles. The number of aromatic nitrogens is 2. The van der Waals surface area contributed by atoms with Crippen LogP contribution in [0.3, 0.4) is 0 Å². The number of hydrogen-bond donors (Lipinski definition) is 2. The number of halogens is 1. The number of anilines is 1. The number of carbonyl (C=O) groups is 1. The molecule has 0 bridgehead atoms. The maximum Gasteiger partial charge on any atom is 0.276 e. The number of ether oxygens (including phenoxy) is 1. The Hall–Kier alpha value is -2.83. The number of rotatable bonds is 6. The molecule has 1 aromatic heterocycles. The molecule has 1 aliphatic rings. The first-order valence-electron chi connectivity index (χ1n) is 9.62. The number of piperidine rings is 1. The third-order valence-electron chi connectivity index (χ3n) is 4.89. The van der Waals surface area contributed by atoms with E-state index in [1.165, 1.54) is 0 Å². The number of benzene rings is 2. The maximum atomic E-state index is 12.7. The van der Waals surface area contributed by atoms with Crippen LogP contribution in [-0.2, 0) is 6.61 Å². The fourth-order valence-corrected chi connectivity index (χ4v) is 3.35. The largest absolute Gasteiger partial charge is 0.489 e. The lowest BCUT2D eigenvalue weighted by Gasteiger charge is -2.22. The number of para-hydroxylation sites is 2. The fraction of sp³-hybridized carbons (Fsp3) is 0.273. The molecule has 1 amide bonds. The first kappa shape index (κ1) is 20.9. The molecular formula is C22H25ClN4O2. The standard InChI is InChI=1S/C22H24N4O2.ClH/c27-22(21-12-14-26(25-21)18-8-6-13-23-15-18)24-20-11-5-4-7-17(20)16-28-19-9-2-1-3-10-19;/h1-5,7,9-12,14,18,23H,6,8,13,15-16H2,(H,24,27);1H. The van der Waals surface area contributed by atoms with Gasteiger partial charge in [-0.25, -0.2) is 0 Å². The summed E-state index contributed by atoms with van der Waals surface area (Å²) in [7, 11) is 0. The van der Waals surface area contributed by atoms with Gasteiger partial charge in [0, 0.05) is 24.0 Å². The molecule has 7 heteroatoms. The number of carbonyl (C=O) groups excluding carboxylic acids is 1. The normalized spacial score (nSPS) is 15.9. The second-order valence-corrected chi connectivity index (χ2v) is 6.89. The maximum absolute atomic E-state index is 12.7. The molecule has 2 N–H and O–H groups in total. The monoisotopic (exact) mass is 412 g/mol. The van der Waals surface area contributed by atoms with Crippen molar-refractivity contribution in [2.45, 2.75) is 25.5 Å². The van der Waals surface area contributed by atoms with Gasteiger partial charge in [0.25, 0.3) is 5.91 Å². The molecule has 1 unspecified atom stereocenters. The molecule has 2 aromatic carbocycles. The molecule has 29 heavy (non-hydrogen) atoms. The minimum Gasteiger partial charge on any atom is -0.489 e. The smallest absolute Gasteiger partial charge is 0.276 e. The van der Waals surface area contributed by atoms with E-state index in [2.05, 4.69) is 15.7 Å². The van der Waals surface area contributed by atoms with E-state index in [9.17, 15) is 4.79 Å². The molecule has 3 aromatic rings. The van der Waals surface area contributed by atoms with Crippen LogP contribution in [0, 0.1) is 0 Å². The molecular weight excluding hydrogens is 388 g/mol. The summed E-state index contributed by atoms with van der Waals surface area (Å²) in [5.74, 6) is 0.582. The van der Waals surface area contributed by atoms with Crippen LogP contribution in [0.2, 0.25) is 0 Å². The van der Waals surface area contributed by atoms with E-state index in [4.69, 9.17) is 4.74 Å². The molecule has 2 heterocycles. The lowest BCUT2D eigenvalue weighted by atomic mass is 10.1. The second-order valence-electron chi connectivity index (χ2n) is 6.89. The van der Waals surface area contributed by atoms with Crippen molar-refractivity contribution in [2.75, 3.05) is 18.4 Å². The molecule has 1 fully saturated rings. The minimum atomic E-state index is -0.213. The van der Waals surface area contributed by atoms with Gasteiger partial charge in [0.05, 0.1) is 6.04 Å². The predicted molar refractivity (Wildman–Crippen MR) is 116 cm³/mol. The predicted octanol–water partition coefficient (Wildman–Crippen LogP) is 4.06. The van der Waals surface area contributed by atoms with Gasteiger partial charge in [-0.05, 0) is 43.7 Å². The molecule has 4 rings (SSSR count). The molecule has 0 spiro atoms. The fourth-order valence-electron chi connectivity index (χ4n) is 3.35. The van der Waals surface area contributed by atoms with Crippen molar-refractivity contribution in [3.8, 4) is 5.75 Å². The van der Waals surface area contributed by atoms with Gasteiger partial charge < -0.3 is 15.4 Å². The second kappa shape index (κ2) is 10.1. The molecule has 0 saturated carbocycles. The van der Waals surface area contributed by atoms with Crippen LogP contribution < -0.4 is 15.4 Å². The van der Waals surface area contributed by atoms with Crippen LogP contribution in [0.25, 0.3) is 0 Å². The molecule has 1 aliphatic heterocycles. The lowest BCUT2D eigenvalue weighted by molar-refractivity contribution is 0.102. The van der Waals surface area contributed by atoms with Gasteiger partial charge in [-0.3, -0.25) is 9.48 Å². The highest BCUT2D eigenvalue weighted by Gasteiger charge is 2.18. The summed E-state index contributed by atoms with van der Waals surface area (Å²) in [6, 6.07) is 19.4. The Morgan fingerprint density at radius 2 is 1.93 bits per heavy atom. The molecule has 1 atom stereocenters. The zero-order valence-corrected chi connectivity index (χ0v) is 16.9. The number of hydrogen-bond acceptors (Lipinski definition) is 4. The summed E-state index contributed by atoms with van der Waals surface area (Å²) in [5.41, 5.74) is 2.07. The quantitative estimate of drug-likeness (QED) is 0.640. The van der Waals surface area contributed by atoms with Crippen LogP contribution in [0.15, 0.2) is 66.9 Å². The van der Waals surface area contributed by atoms with Crippen molar-refractivity contribution in [1.82, 2.24) is 15.1 Å². The summed E-state index contributed by atoms with van der Waals surface area (Å²) < 4.78 is 7.72. The topological polar surface area (TPSA) is 68.2 Å². The van der Waals surface area contributed by atoms with E-state index < -0.39 is 0 Å². The first-order valence-corrected chi connectivity index (χ1v) is 9.62. The van der Waals surface area contributed by atoms with Gasteiger partial charge in [-0.15, -0.1) is 12.4 Å². The lowest BCUT2D eigenvalue weighted by Crippen LogP contribution is -2.32. The Morgan fingerprint density at radius 1 is 1.14 bits per heavy atom. The molecule has 0 aliphatic carbocycles. The van der Waals surface area contributed by atoms with E-state index >= 15 is 0 Å². The van der Waals surface area contributed by atoms with Crippen LogP contribution in [0.4, 0.5) is 5.69 Å². The zero-order chi connectivity index (χ0) is 19.2. The zero-order valence-electron chi connectivity index (χ0n) is 16.1. The Balaban J connectivity index is 0.00000240. The summed E-state index contributed by atoms with van der Waals surface area (Å²) in [6.07, 6.45) is 4.09. The highest BCUT2D eigenvalue weighted by atomic mass is 35.5. The minimum absolute atomic E-state index is 0. The SMILES string of the molecule is Cl.O=C(Nc1ccccc1COc1ccccc1)c1ccn(C2CCCNC2)n1.